The Morgan fingerprint density at radius 1 is 1.18 bits per heavy atom. The number of carbonyl (C=O) groups is 2. The van der Waals surface area contributed by atoms with Crippen molar-refractivity contribution in [3.8, 4) is 0 Å². The van der Waals surface area contributed by atoms with Gasteiger partial charge in [-0.2, -0.15) is 0 Å². The summed E-state index contributed by atoms with van der Waals surface area (Å²) in [7, 11) is 0. The minimum atomic E-state index is -0.491. The molecule has 3 rings (SSSR count). The molecule has 0 saturated carbocycles. The van der Waals surface area contributed by atoms with Crippen LogP contribution >= 0.6 is 11.3 Å². The minimum Gasteiger partial charge on any atom is -0.467 e. The minimum absolute atomic E-state index is 0.270. The Hall–Kier alpha value is -2.60. The van der Waals surface area contributed by atoms with Crippen LogP contribution in [0.5, 0.6) is 0 Å². The van der Waals surface area contributed by atoms with Gasteiger partial charge in [0.15, 0.2) is 6.61 Å². The molecule has 0 aliphatic heterocycles. The van der Waals surface area contributed by atoms with Crippen LogP contribution in [-0.2, 0) is 16.1 Å². The van der Waals surface area contributed by atoms with E-state index in [1.54, 1.807) is 18.2 Å². The van der Waals surface area contributed by atoms with E-state index in [-0.39, 0.29) is 19.1 Å². The average Bonchev–Trinajstić information content (AvgIpc) is 3.19. The van der Waals surface area contributed by atoms with Crippen molar-refractivity contribution >= 4 is 33.3 Å². The van der Waals surface area contributed by atoms with Crippen molar-refractivity contribution in [1.29, 1.82) is 0 Å². The number of fused-ring (bicyclic) bond motifs is 1. The smallest absolute Gasteiger partial charge is 0.348 e. The summed E-state index contributed by atoms with van der Waals surface area (Å²) in [4.78, 5) is 24.0. The second-order valence-corrected chi connectivity index (χ2v) is 5.66. The van der Waals surface area contributed by atoms with Crippen LogP contribution in [0.2, 0.25) is 0 Å². The van der Waals surface area contributed by atoms with Gasteiger partial charge < -0.3 is 14.5 Å². The number of benzene rings is 1. The van der Waals surface area contributed by atoms with Gasteiger partial charge in [-0.1, -0.05) is 18.2 Å². The van der Waals surface area contributed by atoms with Gasteiger partial charge in [0.25, 0.3) is 5.91 Å². The van der Waals surface area contributed by atoms with Crippen LogP contribution in [0, 0.1) is 0 Å². The molecule has 2 aromatic heterocycles. The van der Waals surface area contributed by atoms with Gasteiger partial charge >= 0.3 is 5.97 Å². The number of esters is 1. The SMILES string of the molecule is O=C(COC(=O)c1cc2ccccc2s1)NCc1ccco1. The van der Waals surface area contributed by atoms with E-state index in [2.05, 4.69) is 5.32 Å². The van der Waals surface area contributed by atoms with Crippen molar-refractivity contribution in [2.45, 2.75) is 6.54 Å². The molecule has 22 heavy (non-hydrogen) atoms. The average molecular weight is 315 g/mol. The number of ether oxygens (including phenoxy) is 1. The molecular formula is C16H13NO4S. The van der Waals surface area contributed by atoms with Crippen molar-refractivity contribution in [1.82, 2.24) is 5.32 Å². The van der Waals surface area contributed by atoms with Gasteiger partial charge in [0, 0.05) is 4.70 Å². The largest absolute Gasteiger partial charge is 0.467 e. The van der Waals surface area contributed by atoms with E-state index >= 15 is 0 Å². The number of thiophene rings is 1. The molecule has 0 unspecified atom stereocenters. The maximum Gasteiger partial charge on any atom is 0.348 e. The van der Waals surface area contributed by atoms with Crippen LogP contribution in [0.1, 0.15) is 15.4 Å². The van der Waals surface area contributed by atoms with Gasteiger partial charge in [0.2, 0.25) is 0 Å². The zero-order chi connectivity index (χ0) is 15.4. The summed E-state index contributed by atoms with van der Waals surface area (Å²) in [6.07, 6.45) is 1.53. The molecule has 6 heteroatoms. The molecule has 0 radical (unpaired) electrons. The Kier molecular flexibility index (Phi) is 4.20. The predicted octanol–water partition coefficient (Wildman–Crippen LogP) is 2.97. The summed E-state index contributed by atoms with van der Waals surface area (Å²) in [6, 6.07) is 12.9. The molecule has 0 aliphatic carbocycles. The Labute approximate surface area is 130 Å². The molecule has 5 nitrogen and oxygen atoms in total. The van der Waals surface area contributed by atoms with Crippen molar-refractivity contribution in [3.63, 3.8) is 0 Å². The number of rotatable bonds is 5. The van der Waals surface area contributed by atoms with E-state index in [0.29, 0.717) is 10.6 Å². The Morgan fingerprint density at radius 3 is 2.82 bits per heavy atom. The standard InChI is InChI=1S/C16H13NO4S/c18-15(17-9-12-5-3-7-20-12)10-21-16(19)14-8-11-4-1-2-6-13(11)22-14/h1-8H,9-10H2,(H,17,18). The molecule has 112 valence electrons. The Balaban J connectivity index is 1.52. The fraction of sp³-hybridized carbons (Fsp3) is 0.125. The van der Waals surface area contributed by atoms with Gasteiger partial charge in [-0.15, -0.1) is 11.3 Å². The zero-order valence-corrected chi connectivity index (χ0v) is 12.4. The van der Waals surface area contributed by atoms with E-state index in [4.69, 9.17) is 9.15 Å². The first-order valence-electron chi connectivity index (χ1n) is 6.67. The van der Waals surface area contributed by atoms with Crippen LogP contribution < -0.4 is 5.32 Å². The quantitative estimate of drug-likeness (QED) is 0.735. The van der Waals surface area contributed by atoms with E-state index < -0.39 is 5.97 Å². The fourth-order valence-corrected chi connectivity index (χ4v) is 2.89. The fourth-order valence-electron chi connectivity index (χ4n) is 1.93. The summed E-state index contributed by atoms with van der Waals surface area (Å²) in [5, 5.41) is 3.60. The maximum atomic E-state index is 11.9. The second kappa shape index (κ2) is 6.44. The second-order valence-electron chi connectivity index (χ2n) is 4.58. The van der Waals surface area contributed by atoms with Crippen LogP contribution in [0.4, 0.5) is 0 Å². The van der Waals surface area contributed by atoms with Gasteiger partial charge in [-0.3, -0.25) is 4.79 Å². The van der Waals surface area contributed by atoms with Crippen LogP contribution in [0.25, 0.3) is 10.1 Å². The molecule has 1 amide bonds. The lowest BCUT2D eigenvalue weighted by molar-refractivity contribution is -0.124. The third-order valence-corrected chi connectivity index (χ3v) is 4.10. The normalized spacial score (nSPS) is 10.5. The summed E-state index contributed by atoms with van der Waals surface area (Å²) < 4.78 is 11.1. The van der Waals surface area contributed by atoms with Gasteiger partial charge in [-0.05, 0) is 29.7 Å². The summed E-state index contributed by atoms with van der Waals surface area (Å²) >= 11 is 1.35. The van der Waals surface area contributed by atoms with Crippen LogP contribution in [0.3, 0.4) is 0 Å². The third kappa shape index (κ3) is 3.35. The van der Waals surface area contributed by atoms with E-state index in [1.807, 2.05) is 24.3 Å². The lowest BCUT2D eigenvalue weighted by atomic mass is 10.2. The van der Waals surface area contributed by atoms with Gasteiger partial charge in [-0.25, -0.2) is 4.79 Å². The molecule has 0 bridgehead atoms. The Bertz CT molecular complexity index is 758. The monoisotopic (exact) mass is 315 g/mol. The number of amides is 1. The third-order valence-electron chi connectivity index (χ3n) is 3.00. The first kappa shape index (κ1) is 14.3. The van der Waals surface area contributed by atoms with Crippen molar-refractivity contribution < 1.29 is 18.7 Å². The molecule has 0 spiro atoms. The van der Waals surface area contributed by atoms with Crippen molar-refractivity contribution in [3.05, 3.63) is 59.4 Å². The number of nitrogens with one attached hydrogen (secondary N) is 1. The molecule has 3 aromatic rings. The molecular weight excluding hydrogens is 302 g/mol. The molecule has 2 heterocycles. The van der Waals surface area contributed by atoms with E-state index in [1.165, 1.54) is 17.6 Å². The number of furan rings is 1. The number of carbonyl (C=O) groups excluding carboxylic acids is 2. The number of hydrogen-bond acceptors (Lipinski definition) is 5. The summed E-state index contributed by atoms with van der Waals surface area (Å²) in [6.45, 7) is -0.0416. The van der Waals surface area contributed by atoms with Crippen molar-refractivity contribution in [2.75, 3.05) is 6.61 Å². The molecule has 0 atom stereocenters. The van der Waals surface area contributed by atoms with Crippen molar-refractivity contribution in [2.24, 2.45) is 0 Å². The summed E-state index contributed by atoms with van der Waals surface area (Å²) in [5.41, 5.74) is 0. The first-order chi connectivity index (χ1) is 10.7. The Morgan fingerprint density at radius 2 is 2.05 bits per heavy atom. The molecule has 0 fully saturated rings. The summed E-state index contributed by atoms with van der Waals surface area (Å²) in [5.74, 6) is -0.218. The predicted molar refractivity (Wildman–Crippen MR) is 82.7 cm³/mol. The molecule has 0 aliphatic rings. The highest BCUT2D eigenvalue weighted by Gasteiger charge is 2.13. The lowest BCUT2D eigenvalue weighted by Crippen LogP contribution is -2.28. The molecule has 1 aromatic carbocycles. The topological polar surface area (TPSA) is 68.5 Å². The molecule has 0 saturated heterocycles. The van der Waals surface area contributed by atoms with Crippen LogP contribution in [0.15, 0.2) is 53.1 Å². The highest BCUT2D eigenvalue weighted by atomic mass is 32.1. The highest BCUT2D eigenvalue weighted by molar-refractivity contribution is 7.20. The van der Waals surface area contributed by atoms with E-state index in [9.17, 15) is 9.59 Å². The van der Waals surface area contributed by atoms with E-state index in [0.717, 1.165) is 10.1 Å². The molecule has 1 N–H and O–H groups in total. The first-order valence-corrected chi connectivity index (χ1v) is 7.49. The maximum absolute atomic E-state index is 11.9. The zero-order valence-electron chi connectivity index (χ0n) is 11.6. The van der Waals surface area contributed by atoms with Crippen LogP contribution in [-0.4, -0.2) is 18.5 Å². The van der Waals surface area contributed by atoms with Gasteiger partial charge in [0.1, 0.15) is 10.6 Å². The number of hydrogen-bond donors (Lipinski definition) is 1. The van der Waals surface area contributed by atoms with Gasteiger partial charge in [0.05, 0.1) is 12.8 Å². The highest BCUT2D eigenvalue weighted by Crippen LogP contribution is 2.25. The lowest BCUT2D eigenvalue weighted by Gasteiger charge is -2.04.